The monoisotopic (exact) mass is 597 g/mol. The van der Waals surface area contributed by atoms with Gasteiger partial charge in [0, 0.05) is 35.8 Å². The van der Waals surface area contributed by atoms with Gasteiger partial charge in [0.15, 0.2) is 18.0 Å². The molecule has 3 amide bonds. The number of aliphatic hydroxyl groups is 6. The number of fused-ring (bicyclic) bond motifs is 2. The molecular weight excluding hydrogens is 562 g/mol. The molecule has 2 aromatic rings. The smallest absolute Gasteiger partial charge is 0.261 e. The van der Waals surface area contributed by atoms with E-state index in [-0.39, 0.29) is 36.2 Å². The summed E-state index contributed by atoms with van der Waals surface area (Å²) >= 11 is 0. The van der Waals surface area contributed by atoms with Gasteiger partial charge in [-0.2, -0.15) is 0 Å². The average molecular weight is 598 g/mol. The molecule has 2 aromatic carbocycles. The number of carbonyl (C=O) groups excluding carboxylic acids is 3. The van der Waals surface area contributed by atoms with Crippen LogP contribution in [0.15, 0.2) is 54.6 Å². The fourth-order valence-electron chi connectivity index (χ4n) is 5.80. The maximum Gasteiger partial charge on any atom is 0.261 e. The molecule has 1 fully saturated rings. The first-order chi connectivity index (χ1) is 20.4. The lowest BCUT2D eigenvalue weighted by atomic mass is 9.82. The number of hydrogen-bond donors (Lipinski definition) is 8. The van der Waals surface area contributed by atoms with Gasteiger partial charge in [-0.25, -0.2) is 0 Å². The van der Waals surface area contributed by atoms with Crippen LogP contribution in [0.4, 0.5) is 11.4 Å². The Labute approximate surface area is 247 Å². The summed E-state index contributed by atoms with van der Waals surface area (Å²) < 4.78 is 4.96. The second-order valence-electron chi connectivity index (χ2n) is 11.1. The van der Waals surface area contributed by atoms with E-state index in [9.17, 15) is 45.0 Å². The molecule has 0 radical (unpaired) electrons. The minimum absolute atomic E-state index is 0.0141. The van der Waals surface area contributed by atoms with Crippen LogP contribution in [0.1, 0.15) is 30.0 Å². The SMILES string of the molecule is C[C@H](/C=C/CC(=O)N1Cc2ccccc2C[C@H]1CO)[C@@]1(O)C(=O)Nc2ccc(NC(=O)[C@H]3O[C@@H](O)[C@H](O)[C@@H](O)[C@@H]3O)cc21. The lowest BCUT2D eigenvalue weighted by Crippen LogP contribution is -2.60. The Morgan fingerprint density at radius 2 is 1.84 bits per heavy atom. The zero-order valence-corrected chi connectivity index (χ0v) is 23.3. The Kier molecular flexibility index (Phi) is 8.68. The molecule has 0 aliphatic carbocycles. The van der Waals surface area contributed by atoms with Crippen molar-refractivity contribution in [3.63, 3.8) is 0 Å². The van der Waals surface area contributed by atoms with E-state index in [4.69, 9.17) is 4.74 Å². The number of ether oxygens (including phenoxy) is 1. The average Bonchev–Trinajstić information content (AvgIpc) is 3.26. The first-order valence-corrected chi connectivity index (χ1v) is 14.0. The third-order valence-corrected chi connectivity index (χ3v) is 8.40. The number of amides is 3. The summed E-state index contributed by atoms with van der Waals surface area (Å²) in [7, 11) is 0. The summed E-state index contributed by atoms with van der Waals surface area (Å²) in [5.74, 6) is -2.65. The predicted octanol–water partition coefficient (Wildman–Crippen LogP) is -0.907. The van der Waals surface area contributed by atoms with Gasteiger partial charge >= 0.3 is 0 Å². The Morgan fingerprint density at radius 3 is 2.56 bits per heavy atom. The first kappa shape index (κ1) is 30.8. The number of anilines is 2. The Morgan fingerprint density at radius 1 is 1.12 bits per heavy atom. The minimum Gasteiger partial charge on any atom is -0.394 e. The van der Waals surface area contributed by atoms with E-state index in [1.807, 2.05) is 24.3 Å². The van der Waals surface area contributed by atoms with E-state index in [1.165, 1.54) is 18.2 Å². The first-order valence-electron chi connectivity index (χ1n) is 14.0. The van der Waals surface area contributed by atoms with Crippen LogP contribution in [-0.2, 0) is 37.7 Å². The number of hydrogen-bond acceptors (Lipinski definition) is 10. The number of nitrogens with one attached hydrogen (secondary N) is 2. The van der Waals surface area contributed by atoms with E-state index in [0.717, 1.165) is 11.1 Å². The lowest BCUT2D eigenvalue weighted by Gasteiger charge is -2.37. The highest BCUT2D eigenvalue weighted by Gasteiger charge is 2.49. The molecule has 1 saturated heterocycles. The van der Waals surface area contributed by atoms with E-state index in [1.54, 1.807) is 24.0 Å². The molecule has 0 aromatic heterocycles. The molecule has 0 bridgehead atoms. The molecule has 3 aliphatic heterocycles. The summed E-state index contributed by atoms with van der Waals surface area (Å²) in [6, 6.07) is 11.7. The Hall–Kier alpha value is -3.69. The molecular formula is C30H35N3O10. The maximum absolute atomic E-state index is 13.1. The van der Waals surface area contributed by atoms with Crippen molar-refractivity contribution in [1.29, 1.82) is 0 Å². The highest BCUT2D eigenvalue weighted by atomic mass is 16.6. The van der Waals surface area contributed by atoms with Gasteiger partial charge < -0.3 is 50.9 Å². The summed E-state index contributed by atoms with van der Waals surface area (Å²) in [6.07, 6.45) is -5.40. The molecule has 3 heterocycles. The lowest BCUT2D eigenvalue weighted by molar-refractivity contribution is -0.274. The second-order valence-corrected chi connectivity index (χ2v) is 11.1. The summed E-state index contributed by atoms with van der Waals surface area (Å²) in [5, 5.41) is 65.9. The second kappa shape index (κ2) is 12.1. The highest BCUT2D eigenvalue weighted by molar-refractivity contribution is 6.06. The number of aliphatic hydroxyl groups excluding tert-OH is 5. The fraction of sp³-hybridized carbons (Fsp3) is 0.433. The van der Waals surface area contributed by atoms with Crippen LogP contribution in [0.5, 0.6) is 0 Å². The van der Waals surface area contributed by atoms with Gasteiger partial charge in [-0.1, -0.05) is 43.3 Å². The van der Waals surface area contributed by atoms with Gasteiger partial charge in [-0.05, 0) is 35.7 Å². The van der Waals surface area contributed by atoms with Crippen LogP contribution in [0.25, 0.3) is 0 Å². The zero-order valence-electron chi connectivity index (χ0n) is 23.3. The Bertz CT molecular complexity index is 1430. The van der Waals surface area contributed by atoms with Crippen molar-refractivity contribution < 1.29 is 49.8 Å². The molecule has 13 heteroatoms. The molecule has 5 rings (SSSR count). The van der Waals surface area contributed by atoms with Crippen molar-refractivity contribution in [2.45, 2.75) is 68.7 Å². The van der Waals surface area contributed by atoms with Gasteiger partial charge in [0.25, 0.3) is 11.8 Å². The molecule has 8 N–H and O–H groups in total. The number of benzene rings is 2. The minimum atomic E-state index is -2.05. The third kappa shape index (κ3) is 5.68. The molecule has 43 heavy (non-hydrogen) atoms. The Balaban J connectivity index is 1.28. The summed E-state index contributed by atoms with van der Waals surface area (Å²) in [6.45, 7) is 1.80. The van der Waals surface area contributed by atoms with Gasteiger partial charge in [-0.3, -0.25) is 14.4 Å². The van der Waals surface area contributed by atoms with Gasteiger partial charge in [-0.15, -0.1) is 0 Å². The van der Waals surface area contributed by atoms with E-state index in [0.29, 0.717) is 18.7 Å². The molecule has 13 nitrogen and oxygen atoms in total. The van der Waals surface area contributed by atoms with Crippen LogP contribution < -0.4 is 10.6 Å². The van der Waals surface area contributed by atoms with E-state index < -0.39 is 54.0 Å². The van der Waals surface area contributed by atoms with E-state index >= 15 is 0 Å². The molecule has 0 spiro atoms. The van der Waals surface area contributed by atoms with Crippen molar-refractivity contribution in [3.05, 3.63) is 71.3 Å². The number of rotatable bonds is 7. The van der Waals surface area contributed by atoms with Gasteiger partial charge in [0.05, 0.1) is 12.6 Å². The molecule has 0 unspecified atom stereocenters. The van der Waals surface area contributed by atoms with Crippen LogP contribution >= 0.6 is 0 Å². The predicted molar refractivity (Wildman–Crippen MR) is 151 cm³/mol. The maximum atomic E-state index is 13.1. The van der Waals surface area contributed by atoms with Crippen LogP contribution in [0, 0.1) is 5.92 Å². The van der Waals surface area contributed by atoms with Crippen molar-refractivity contribution in [2.24, 2.45) is 5.92 Å². The third-order valence-electron chi connectivity index (χ3n) is 8.40. The van der Waals surface area contributed by atoms with Crippen molar-refractivity contribution in [2.75, 3.05) is 17.2 Å². The standard InChI is InChI=1S/C30H35N3O10/c1-15(5-4-8-22(35)33-13-17-7-3-2-6-16(17)11-19(33)14-34)30(42)20-12-18(9-10-21(20)32-29(30)41)31-27(39)26-24(37)23(36)25(38)28(40)43-26/h2-7,9-10,12,15,19,23-26,28,34,36-38,40,42H,8,11,13-14H2,1H3,(H,31,39)(H,32,41)/b5-4+/t15-,19+,23+,24+,25-,26+,28-,30+/m1/s1. The fourth-order valence-corrected chi connectivity index (χ4v) is 5.80. The van der Waals surface area contributed by atoms with Crippen molar-refractivity contribution in [3.8, 4) is 0 Å². The molecule has 8 atom stereocenters. The summed E-state index contributed by atoms with van der Waals surface area (Å²) in [4.78, 5) is 40.4. The molecule has 3 aliphatic rings. The van der Waals surface area contributed by atoms with Gasteiger partial charge in [0.2, 0.25) is 5.91 Å². The van der Waals surface area contributed by atoms with Crippen LogP contribution in [-0.4, -0.2) is 96.6 Å². The highest BCUT2D eigenvalue weighted by Crippen LogP contribution is 2.43. The number of nitrogens with zero attached hydrogens (tertiary/aromatic N) is 1. The zero-order chi connectivity index (χ0) is 31.1. The topological polar surface area (TPSA) is 209 Å². The van der Waals surface area contributed by atoms with Crippen molar-refractivity contribution in [1.82, 2.24) is 4.90 Å². The van der Waals surface area contributed by atoms with Gasteiger partial charge in [0.1, 0.15) is 18.3 Å². The van der Waals surface area contributed by atoms with E-state index in [2.05, 4.69) is 10.6 Å². The largest absolute Gasteiger partial charge is 0.394 e. The van der Waals surface area contributed by atoms with Crippen molar-refractivity contribution >= 4 is 29.1 Å². The molecule has 230 valence electrons. The van der Waals surface area contributed by atoms with Crippen LogP contribution in [0.2, 0.25) is 0 Å². The summed E-state index contributed by atoms with van der Waals surface area (Å²) in [5.41, 5.74) is 0.648. The number of carbonyl (C=O) groups is 3. The molecule has 0 saturated carbocycles. The van der Waals surface area contributed by atoms with Crippen LogP contribution in [0.3, 0.4) is 0 Å². The normalized spacial score (nSPS) is 30.9. The quantitative estimate of drug-likeness (QED) is 0.184.